The number of rotatable bonds is 7. The number of hydrogen-bond donors (Lipinski definition) is 3. The zero-order valence-corrected chi connectivity index (χ0v) is 12.9. The van der Waals surface area contributed by atoms with Crippen LogP contribution in [0.3, 0.4) is 0 Å². The van der Waals surface area contributed by atoms with Crippen LogP contribution in [0.5, 0.6) is 5.75 Å². The molecule has 1 rings (SSSR count). The van der Waals surface area contributed by atoms with Crippen LogP contribution in [0.4, 0.5) is 5.69 Å². The number of nitrogen functional groups attached to an aromatic ring is 1. The Hall–Kier alpha value is -1.36. The number of hydrogen-bond acceptors (Lipinski definition) is 7. The molecule has 0 aliphatic carbocycles. The van der Waals surface area contributed by atoms with E-state index < -0.39 is 42.9 Å². The standard InChI is InChI=1S/C11H17NO7S2/c1-2-4-19-10-7-8(20(14,15)5-3-13)6-9(12)11(10)21(16,17)18/h6-7,13H,2-5,12H2,1H3,(H,16,17,18). The van der Waals surface area contributed by atoms with Crippen LogP contribution >= 0.6 is 0 Å². The quantitative estimate of drug-likeness (QED) is 0.467. The Balaban J connectivity index is 3.52. The smallest absolute Gasteiger partial charge is 0.300 e. The van der Waals surface area contributed by atoms with Gasteiger partial charge in [-0.15, -0.1) is 0 Å². The molecule has 1 aromatic carbocycles. The predicted molar refractivity (Wildman–Crippen MR) is 75.6 cm³/mol. The van der Waals surface area contributed by atoms with Crippen LogP contribution < -0.4 is 10.5 Å². The van der Waals surface area contributed by atoms with Crippen molar-refractivity contribution in [1.82, 2.24) is 0 Å². The van der Waals surface area contributed by atoms with Crippen molar-refractivity contribution in [1.29, 1.82) is 0 Å². The topological polar surface area (TPSA) is 144 Å². The molecule has 1 aromatic rings. The Kier molecular flexibility index (Phi) is 5.56. The lowest BCUT2D eigenvalue weighted by Crippen LogP contribution is -2.13. The fourth-order valence-electron chi connectivity index (χ4n) is 1.61. The molecule has 0 aliphatic heterocycles. The van der Waals surface area contributed by atoms with Gasteiger partial charge in [-0.3, -0.25) is 4.55 Å². The fraction of sp³-hybridized carbons (Fsp3) is 0.455. The molecule has 0 fully saturated rings. The summed E-state index contributed by atoms with van der Waals surface area (Å²) in [6, 6.07) is 1.88. The molecule has 21 heavy (non-hydrogen) atoms. The lowest BCUT2D eigenvalue weighted by Gasteiger charge is -2.13. The van der Waals surface area contributed by atoms with Gasteiger partial charge in [0.1, 0.15) is 5.75 Å². The van der Waals surface area contributed by atoms with Gasteiger partial charge in [0, 0.05) is 6.07 Å². The predicted octanol–water partition coefficient (Wildman–Crippen LogP) is 0.0703. The lowest BCUT2D eigenvalue weighted by molar-refractivity contribution is 0.307. The van der Waals surface area contributed by atoms with E-state index in [0.29, 0.717) is 6.42 Å². The minimum absolute atomic E-state index is 0.117. The molecule has 0 unspecified atom stereocenters. The second kappa shape index (κ2) is 6.60. The van der Waals surface area contributed by atoms with Gasteiger partial charge in [-0.1, -0.05) is 6.92 Å². The first-order valence-corrected chi connectivity index (χ1v) is 9.10. The summed E-state index contributed by atoms with van der Waals surface area (Å²) in [7, 11) is -8.49. The number of sulfone groups is 1. The molecule has 0 heterocycles. The van der Waals surface area contributed by atoms with Gasteiger partial charge in [-0.05, 0) is 12.5 Å². The molecular weight excluding hydrogens is 322 g/mol. The van der Waals surface area contributed by atoms with Crippen LogP contribution in [-0.2, 0) is 20.0 Å². The maximum atomic E-state index is 11.9. The van der Waals surface area contributed by atoms with Crippen molar-refractivity contribution in [2.24, 2.45) is 0 Å². The minimum atomic E-state index is -4.66. The maximum absolute atomic E-state index is 11.9. The average Bonchev–Trinajstić information content (AvgIpc) is 2.33. The van der Waals surface area contributed by atoms with E-state index in [1.54, 1.807) is 6.92 Å². The largest absolute Gasteiger partial charge is 0.492 e. The van der Waals surface area contributed by atoms with Gasteiger partial charge >= 0.3 is 0 Å². The number of nitrogens with two attached hydrogens (primary N) is 1. The molecule has 0 atom stereocenters. The molecule has 0 aliphatic rings. The molecule has 0 radical (unpaired) electrons. The Morgan fingerprint density at radius 3 is 2.33 bits per heavy atom. The number of aliphatic hydroxyl groups is 1. The third-order valence-electron chi connectivity index (χ3n) is 2.50. The van der Waals surface area contributed by atoms with Gasteiger partial charge in [0.05, 0.1) is 29.5 Å². The van der Waals surface area contributed by atoms with Crippen molar-refractivity contribution in [3.05, 3.63) is 12.1 Å². The minimum Gasteiger partial charge on any atom is -0.492 e. The fourth-order valence-corrected chi connectivity index (χ4v) is 3.41. The summed E-state index contributed by atoms with van der Waals surface area (Å²) in [6.07, 6.45) is 0.540. The van der Waals surface area contributed by atoms with Gasteiger partial charge in [0.15, 0.2) is 14.7 Å². The maximum Gasteiger partial charge on any atom is 0.300 e. The summed E-state index contributed by atoms with van der Waals surface area (Å²) >= 11 is 0. The molecule has 0 aromatic heterocycles. The summed E-state index contributed by atoms with van der Waals surface area (Å²) < 4.78 is 60.8. The first kappa shape index (κ1) is 17.7. The highest BCUT2D eigenvalue weighted by atomic mass is 32.2. The highest BCUT2D eigenvalue weighted by Gasteiger charge is 2.25. The van der Waals surface area contributed by atoms with Crippen molar-refractivity contribution >= 4 is 25.6 Å². The molecule has 120 valence electrons. The van der Waals surface area contributed by atoms with E-state index in [2.05, 4.69) is 0 Å². The average molecular weight is 339 g/mol. The summed E-state index contributed by atoms with van der Waals surface area (Å²) in [5.41, 5.74) is 5.08. The number of ether oxygens (including phenoxy) is 1. The molecule has 8 nitrogen and oxygen atoms in total. The number of aliphatic hydroxyl groups excluding tert-OH is 1. The van der Waals surface area contributed by atoms with Gasteiger partial charge < -0.3 is 15.6 Å². The van der Waals surface area contributed by atoms with E-state index in [9.17, 15) is 16.8 Å². The van der Waals surface area contributed by atoms with Crippen molar-refractivity contribution in [3.63, 3.8) is 0 Å². The molecule has 0 spiro atoms. The Labute approximate surface area is 123 Å². The van der Waals surface area contributed by atoms with E-state index >= 15 is 0 Å². The third-order valence-corrected chi connectivity index (χ3v) is 5.12. The molecule has 4 N–H and O–H groups in total. The van der Waals surface area contributed by atoms with Crippen LogP contribution in [0, 0.1) is 0 Å². The van der Waals surface area contributed by atoms with Crippen molar-refractivity contribution in [2.45, 2.75) is 23.1 Å². The van der Waals surface area contributed by atoms with Crippen molar-refractivity contribution in [2.75, 3.05) is 24.7 Å². The second-order valence-electron chi connectivity index (χ2n) is 4.21. The van der Waals surface area contributed by atoms with Gasteiger partial charge in [0.25, 0.3) is 10.1 Å². The van der Waals surface area contributed by atoms with Crippen LogP contribution in [-0.4, -0.2) is 45.5 Å². The third kappa shape index (κ3) is 4.30. The first-order valence-electron chi connectivity index (χ1n) is 6.01. The van der Waals surface area contributed by atoms with E-state index in [4.69, 9.17) is 20.1 Å². The zero-order chi connectivity index (χ0) is 16.3. The molecule has 0 saturated heterocycles. The highest BCUT2D eigenvalue weighted by molar-refractivity contribution is 7.91. The second-order valence-corrected chi connectivity index (χ2v) is 7.67. The summed E-state index contributed by atoms with van der Waals surface area (Å²) in [5, 5.41) is 8.75. The van der Waals surface area contributed by atoms with E-state index in [-0.39, 0.29) is 17.3 Å². The summed E-state index contributed by atoms with van der Waals surface area (Å²) in [5.74, 6) is -0.874. The molecule has 10 heteroatoms. The monoisotopic (exact) mass is 339 g/mol. The van der Waals surface area contributed by atoms with Crippen LogP contribution in [0.1, 0.15) is 13.3 Å². The first-order chi connectivity index (χ1) is 9.63. The zero-order valence-electron chi connectivity index (χ0n) is 11.3. The van der Waals surface area contributed by atoms with E-state index in [0.717, 1.165) is 12.1 Å². The number of benzene rings is 1. The van der Waals surface area contributed by atoms with Gasteiger partial charge in [-0.25, -0.2) is 8.42 Å². The van der Waals surface area contributed by atoms with Crippen LogP contribution in [0.15, 0.2) is 21.9 Å². The van der Waals surface area contributed by atoms with Gasteiger partial charge in [0.2, 0.25) is 0 Å². The molecule has 0 bridgehead atoms. The number of anilines is 1. The SMILES string of the molecule is CCCOc1cc(S(=O)(=O)CCO)cc(N)c1S(=O)(=O)O. The van der Waals surface area contributed by atoms with E-state index in [1.807, 2.05) is 0 Å². The van der Waals surface area contributed by atoms with Crippen LogP contribution in [0.25, 0.3) is 0 Å². The highest BCUT2D eigenvalue weighted by Crippen LogP contribution is 2.33. The van der Waals surface area contributed by atoms with Crippen LogP contribution in [0.2, 0.25) is 0 Å². The van der Waals surface area contributed by atoms with Crippen molar-refractivity contribution < 1.29 is 31.2 Å². The molecule has 0 amide bonds. The van der Waals surface area contributed by atoms with Gasteiger partial charge in [-0.2, -0.15) is 8.42 Å². The summed E-state index contributed by atoms with van der Waals surface area (Å²) in [6.45, 7) is 1.29. The normalized spacial score (nSPS) is 12.3. The Morgan fingerprint density at radius 1 is 1.24 bits per heavy atom. The molecular formula is C11H17NO7S2. The van der Waals surface area contributed by atoms with E-state index in [1.165, 1.54) is 0 Å². The lowest BCUT2D eigenvalue weighted by atomic mass is 10.3. The summed E-state index contributed by atoms with van der Waals surface area (Å²) in [4.78, 5) is -0.952. The van der Waals surface area contributed by atoms with Crippen molar-refractivity contribution in [3.8, 4) is 5.75 Å². The Morgan fingerprint density at radius 2 is 1.86 bits per heavy atom. The molecule has 0 saturated carbocycles. The Bertz CT molecular complexity index is 710.